The van der Waals surface area contributed by atoms with Crippen LogP contribution in [-0.4, -0.2) is 65.0 Å². The number of carbonyl (C=O) groups is 3. The number of aliphatic carboxylic acids is 1. The lowest BCUT2D eigenvalue weighted by Gasteiger charge is -2.34. The van der Waals surface area contributed by atoms with Gasteiger partial charge in [0.05, 0.1) is 19.1 Å². The van der Waals surface area contributed by atoms with Crippen LogP contribution in [0.5, 0.6) is 0 Å². The van der Waals surface area contributed by atoms with Crippen LogP contribution in [0.15, 0.2) is 24.3 Å². The van der Waals surface area contributed by atoms with E-state index in [1.54, 1.807) is 4.90 Å². The molecule has 0 saturated carbocycles. The summed E-state index contributed by atoms with van der Waals surface area (Å²) in [6.45, 7) is 3.36. The summed E-state index contributed by atoms with van der Waals surface area (Å²) >= 11 is 0. The summed E-state index contributed by atoms with van der Waals surface area (Å²) in [6.07, 6.45) is 0.133. The molecule has 2 aliphatic rings. The second-order valence-electron chi connectivity index (χ2n) is 6.62. The number of carboxylic acid groups (broad SMARTS) is 1. The molecule has 2 aliphatic heterocycles. The van der Waals surface area contributed by atoms with Crippen molar-refractivity contribution in [3.63, 3.8) is 0 Å². The van der Waals surface area contributed by atoms with Gasteiger partial charge in [-0.2, -0.15) is 0 Å². The van der Waals surface area contributed by atoms with Crippen molar-refractivity contribution in [2.75, 3.05) is 26.3 Å². The van der Waals surface area contributed by atoms with Crippen LogP contribution in [-0.2, 0) is 25.7 Å². The largest absolute Gasteiger partial charge is 0.480 e. The molecule has 1 aromatic rings. The van der Waals surface area contributed by atoms with Gasteiger partial charge < -0.3 is 19.6 Å². The number of hydrogen-bond donors (Lipinski definition) is 1. The quantitative estimate of drug-likeness (QED) is 0.865. The van der Waals surface area contributed by atoms with Crippen LogP contribution in [0.1, 0.15) is 17.5 Å². The minimum absolute atomic E-state index is 0.00514. The van der Waals surface area contributed by atoms with Crippen molar-refractivity contribution >= 4 is 17.8 Å². The van der Waals surface area contributed by atoms with Gasteiger partial charge >= 0.3 is 5.97 Å². The zero-order chi connectivity index (χ0) is 18.0. The molecule has 2 saturated heterocycles. The Morgan fingerprint density at radius 3 is 2.68 bits per heavy atom. The Morgan fingerprint density at radius 2 is 2.00 bits per heavy atom. The molecule has 0 radical (unpaired) electrons. The molecule has 7 heteroatoms. The third kappa shape index (κ3) is 3.82. The van der Waals surface area contributed by atoms with Crippen LogP contribution in [0.25, 0.3) is 0 Å². The third-order valence-electron chi connectivity index (χ3n) is 4.75. The first-order valence-corrected chi connectivity index (χ1v) is 8.40. The molecule has 2 amide bonds. The highest BCUT2D eigenvalue weighted by molar-refractivity contribution is 5.91. The number of carboxylic acids is 1. The Kier molecular flexibility index (Phi) is 5.03. The summed E-state index contributed by atoms with van der Waals surface area (Å²) in [6, 6.07) is 6.95. The van der Waals surface area contributed by atoms with Crippen molar-refractivity contribution in [3.05, 3.63) is 35.4 Å². The molecule has 0 aromatic heterocycles. The number of aryl methyl sites for hydroxylation is 1. The number of morpholine rings is 1. The summed E-state index contributed by atoms with van der Waals surface area (Å²) in [4.78, 5) is 39.4. The van der Waals surface area contributed by atoms with Gasteiger partial charge in [-0.1, -0.05) is 29.8 Å². The summed E-state index contributed by atoms with van der Waals surface area (Å²) in [5, 5.41) is 9.27. The lowest BCUT2D eigenvalue weighted by Crippen LogP contribution is -2.54. The Hall–Kier alpha value is -2.41. The summed E-state index contributed by atoms with van der Waals surface area (Å²) in [5.41, 5.74) is 2.17. The van der Waals surface area contributed by atoms with Gasteiger partial charge in [0.15, 0.2) is 6.04 Å². The van der Waals surface area contributed by atoms with Gasteiger partial charge in [-0.25, -0.2) is 4.79 Å². The minimum atomic E-state index is -1.08. The average Bonchev–Trinajstić information content (AvgIpc) is 2.97. The maximum atomic E-state index is 12.7. The molecule has 0 bridgehead atoms. The third-order valence-corrected chi connectivity index (χ3v) is 4.75. The molecule has 1 N–H and O–H groups in total. The highest BCUT2D eigenvalue weighted by atomic mass is 16.5. The predicted octanol–water partition coefficient (Wildman–Crippen LogP) is 0.656. The van der Waals surface area contributed by atoms with Crippen molar-refractivity contribution in [1.82, 2.24) is 9.80 Å². The second-order valence-corrected chi connectivity index (χ2v) is 6.62. The fourth-order valence-corrected chi connectivity index (χ4v) is 3.31. The monoisotopic (exact) mass is 346 g/mol. The van der Waals surface area contributed by atoms with Crippen LogP contribution in [0.3, 0.4) is 0 Å². The molecule has 3 rings (SSSR count). The summed E-state index contributed by atoms with van der Waals surface area (Å²) < 4.78 is 5.17. The first-order valence-electron chi connectivity index (χ1n) is 8.40. The number of amides is 2. The van der Waals surface area contributed by atoms with Crippen LogP contribution >= 0.6 is 0 Å². The molecular weight excluding hydrogens is 324 g/mol. The van der Waals surface area contributed by atoms with E-state index in [0.29, 0.717) is 19.7 Å². The number of benzene rings is 1. The van der Waals surface area contributed by atoms with Crippen LogP contribution in [0, 0.1) is 12.8 Å². The van der Waals surface area contributed by atoms with Gasteiger partial charge in [-0.3, -0.25) is 9.59 Å². The first-order chi connectivity index (χ1) is 12.0. The highest BCUT2D eigenvalue weighted by Gasteiger charge is 2.41. The van der Waals surface area contributed by atoms with E-state index in [0.717, 1.165) is 11.1 Å². The van der Waals surface area contributed by atoms with E-state index >= 15 is 0 Å². The topological polar surface area (TPSA) is 87.2 Å². The van der Waals surface area contributed by atoms with E-state index in [1.807, 2.05) is 31.2 Å². The Balaban J connectivity index is 1.65. The van der Waals surface area contributed by atoms with Gasteiger partial charge in [0.2, 0.25) is 11.8 Å². The van der Waals surface area contributed by atoms with E-state index in [-0.39, 0.29) is 31.4 Å². The lowest BCUT2D eigenvalue weighted by molar-refractivity contribution is -0.160. The fraction of sp³-hybridized carbons (Fsp3) is 0.500. The molecule has 2 heterocycles. The molecule has 25 heavy (non-hydrogen) atoms. The molecular formula is C18H22N2O5. The van der Waals surface area contributed by atoms with E-state index in [9.17, 15) is 19.5 Å². The molecule has 7 nitrogen and oxygen atoms in total. The highest BCUT2D eigenvalue weighted by Crippen LogP contribution is 2.24. The molecule has 2 atom stereocenters. The predicted molar refractivity (Wildman–Crippen MR) is 88.7 cm³/mol. The zero-order valence-electron chi connectivity index (χ0n) is 14.2. The van der Waals surface area contributed by atoms with Crippen LogP contribution in [0.4, 0.5) is 0 Å². The van der Waals surface area contributed by atoms with Gasteiger partial charge in [0.25, 0.3) is 0 Å². The molecule has 2 fully saturated rings. The molecule has 0 unspecified atom stereocenters. The Bertz CT molecular complexity index is 673. The number of likely N-dealkylation sites (tertiary alicyclic amines) is 1. The van der Waals surface area contributed by atoms with Crippen molar-refractivity contribution in [2.45, 2.75) is 25.9 Å². The van der Waals surface area contributed by atoms with Gasteiger partial charge in [-0.05, 0) is 12.5 Å². The van der Waals surface area contributed by atoms with Crippen molar-refractivity contribution in [1.29, 1.82) is 0 Å². The molecule has 1 aromatic carbocycles. The SMILES string of the molecule is Cc1ccc(CN2C[C@@H](C(=O)N3CCOC[C@@H]3C(=O)O)CC2=O)cc1. The average molecular weight is 346 g/mol. The minimum Gasteiger partial charge on any atom is -0.480 e. The van der Waals surface area contributed by atoms with Gasteiger partial charge in [0.1, 0.15) is 0 Å². The Labute approximate surface area is 146 Å². The van der Waals surface area contributed by atoms with E-state index in [4.69, 9.17) is 4.74 Å². The Morgan fingerprint density at radius 1 is 1.28 bits per heavy atom. The normalized spacial score (nSPS) is 23.8. The zero-order valence-corrected chi connectivity index (χ0v) is 14.2. The van der Waals surface area contributed by atoms with Crippen molar-refractivity contribution < 1.29 is 24.2 Å². The smallest absolute Gasteiger partial charge is 0.328 e. The van der Waals surface area contributed by atoms with E-state index < -0.39 is 17.9 Å². The summed E-state index contributed by atoms with van der Waals surface area (Å²) in [7, 11) is 0. The second kappa shape index (κ2) is 7.23. The van der Waals surface area contributed by atoms with Gasteiger partial charge in [-0.15, -0.1) is 0 Å². The van der Waals surface area contributed by atoms with E-state index in [2.05, 4.69) is 0 Å². The number of rotatable bonds is 4. The van der Waals surface area contributed by atoms with Gasteiger partial charge in [0, 0.05) is 26.1 Å². The van der Waals surface area contributed by atoms with Crippen molar-refractivity contribution in [3.8, 4) is 0 Å². The standard InChI is InChI=1S/C18H22N2O5/c1-12-2-4-13(5-3-12)9-19-10-14(8-16(19)21)17(22)20-6-7-25-11-15(20)18(23)24/h2-5,14-15H,6-11H2,1H3,(H,23,24)/t14-,15+/m0/s1. The molecule has 0 aliphatic carbocycles. The van der Waals surface area contributed by atoms with Crippen molar-refractivity contribution in [2.24, 2.45) is 5.92 Å². The molecule has 134 valence electrons. The number of nitrogens with zero attached hydrogens (tertiary/aromatic N) is 2. The fourth-order valence-electron chi connectivity index (χ4n) is 3.31. The number of carbonyl (C=O) groups excluding carboxylic acids is 2. The number of ether oxygens (including phenoxy) is 1. The summed E-state index contributed by atoms with van der Waals surface area (Å²) in [5.74, 6) is -1.90. The molecule has 0 spiro atoms. The van der Waals surface area contributed by atoms with Crippen LogP contribution < -0.4 is 0 Å². The van der Waals surface area contributed by atoms with E-state index in [1.165, 1.54) is 4.90 Å². The maximum Gasteiger partial charge on any atom is 0.328 e. The van der Waals surface area contributed by atoms with Crippen LogP contribution in [0.2, 0.25) is 0 Å². The number of hydrogen-bond acceptors (Lipinski definition) is 4. The lowest BCUT2D eigenvalue weighted by atomic mass is 10.1. The first kappa shape index (κ1) is 17.4. The maximum absolute atomic E-state index is 12.7.